The maximum Gasteiger partial charge on any atom is 0.342 e. The Hall–Kier alpha value is -1.63. The highest BCUT2D eigenvalue weighted by atomic mass is 32.1. The summed E-state index contributed by atoms with van der Waals surface area (Å²) >= 11 is 4.94. The predicted octanol–water partition coefficient (Wildman–Crippen LogP) is 0.0158. The first-order valence-corrected chi connectivity index (χ1v) is 4.43. The van der Waals surface area contributed by atoms with Crippen LogP contribution in [0.2, 0.25) is 0 Å². The smallest absolute Gasteiger partial charge is 0.272 e. The molecule has 0 amide bonds. The highest BCUT2D eigenvalue weighted by Gasteiger charge is 2.03. The van der Waals surface area contributed by atoms with Crippen LogP contribution in [0.25, 0.3) is 0 Å². The lowest BCUT2D eigenvalue weighted by atomic mass is 10.4. The van der Waals surface area contributed by atoms with Gasteiger partial charge in [0.05, 0.1) is 12.2 Å². The fraction of sp³-hybridized carbons (Fsp3) is 0.286. The molecule has 0 unspecified atom stereocenters. The molecular formula is C7H9N5OS. The SMILES string of the molecule is Cn1nccc1Cn1c(=O)[nH][nH]c1=S. The first kappa shape index (κ1) is 8.95. The van der Waals surface area contributed by atoms with E-state index in [1.807, 2.05) is 13.1 Å². The van der Waals surface area contributed by atoms with E-state index in [9.17, 15) is 4.79 Å². The van der Waals surface area contributed by atoms with Crippen LogP contribution >= 0.6 is 12.2 Å². The van der Waals surface area contributed by atoms with E-state index in [0.717, 1.165) is 5.69 Å². The Balaban J connectivity index is 2.41. The van der Waals surface area contributed by atoms with Gasteiger partial charge in [0.1, 0.15) is 0 Å². The molecule has 0 saturated heterocycles. The van der Waals surface area contributed by atoms with Gasteiger partial charge in [0.2, 0.25) is 0 Å². The normalized spacial score (nSPS) is 10.6. The maximum atomic E-state index is 11.3. The third kappa shape index (κ3) is 1.41. The Morgan fingerprint density at radius 3 is 2.86 bits per heavy atom. The van der Waals surface area contributed by atoms with Crippen LogP contribution in [0, 0.1) is 4.77 Å². The number of aromatic nitrogens is 5. The Labute approximate surface area is 84.2 Å². The molecule has 2 rings (SSSR count). The van der Waals surface area contributed by atoms with Crippen LogP contribution in [0.15, 0.2) is 17.1 Å². The fourth-order valence-electron chi connectivity index (χ4n) is 1.20. The van der Waals surface area contributed by atoms with E-state index in [2.05, 4.69) is 15.3 Å². The van der Waals surface area contributed by atoms with E-state index in [0.29, 0.717) is 11.3 Å². The Morgan fingerprint density at radius 1 is 1.57 bits per heavy atom. The van der Waals surface area contributed by atoms with Crippen LogP contribution in [0.4, 0.5) is 0 Å². The molecule has 2 aromatic heterocycles. The Morgan fingerprint density at radius 2 is 2.36 bits per heavy atom. The number of nitrogens with one attached hydrogen (secondary N) is 2. The summed E-state index contributed by atoms with van der Waals surface area (Å²) in [6.07, 6.45) is 1.68. The molecule has 2 heterocycles. The number of aryl methyl sites for hydroxylation is 1. The van der Waals surface area contributed by atoms with Gasteiger partial charge in [-0.3, -0.25) is 14.3 Å². The minimum absolute atomic E-state index is 0.240. The lowest BCUT2D eigenvalue weighted by Crippen LogP contribution is -2.19. The zero-order valence-corrected chi connectivity index (χ0v) is 8.34. The maximum absolute atomic E-state index is 11.3. The predicted molar refractivity (Wildman–Crippen MR) is 52.5 cm³/mol. The molecule has 74 valence electrons. The van der Waals surface area contributed by atoms with Crippen molar-refractivity contribution >= 4 is 12.2 Å². The Kier molecular flexibility index (Phi) is 2.08. The van der Waals surface area contributed by atoms with Gasteiger partial charge in [-0.1, -0.05) is 0 Å². The molecule has 0 atom stereocenters. The fourth-order valence-corrected chi connectivity index (χ4v) is 1.39. The van der Waals surface area contributed by atoms with Gasteiger partial charge in [-0.2, -0.15) is 5.10 Å². The number of hydrogen-bond donors (Lipinski definition) is 2. The second kappa shape index (κ2) is 3.26. The molecule has 0 aliphatic carbocycles. The van der Waals surface area contributed by atoms with Crippen molar-refractivity contribution in [2.24, 2.45) is 7.05 Å². The molecule has 0 aliphatic heterocycles. The largest absolute Gasteiger partial charge is 0.342 e. The summed E-state index contributed by atoms with van der Waals surface area (Å²) in [7, 11) is 1.82. The summed E-state index contributed by atoms with van der Waals surface area (Å²) in [4.78, 5) is 11.3. The van der Waals surface area contributed by atoms with Crippen LogP contribution < -0.4 is 5.69 Å². The van der Waals surface area contributed by atoms with Gasteiger partial charge in [-0.25, -0.2) is 9.89 Å². The number of aromatic amines is 2. The van der Waals surface area contributed by atoms with Gasteiger partial charge < -0.3 is 0 Å². The zero-order chi connectivity index (χ0) is 10.1. The molecule has 0 bridgehead atoms. The molecule has 0 spiro atoms. The van der Waals surface area contributed by atoms with Crippen LogP contribution in [-0.4, -0.2) is 24.5 Å². The quantitative estimate of drug-likeness (QED) is 0.688. The number of hydrogen-bond acceptors (Lipinski definition) is 3. The summed E-state index contributed by atoms with van der Waals surface area (Å²) in [6, 6.07) is 1.84. The summed E-state index contributed by atoms with van der Waals surface area (Å²) in [6.45, 7) is 0.425. The first-order valence-electron chi connectivity index (χ1n) is 4.03. The summed E-state index contributed by atoms with van der Waals surface area (Å²) in [5.41, 5.74) is 0.683. The van der Waals surface area contributed by atoms with Crippen molar-refractivity contribution in [2.75, 3.05) is 0 Å². The second-order valence-corrected chi connectivity index (χ2v) is 3.28. The summed E-state index contributed by atoms with van der Waals surface area (Å²) in [5.74, 6) is 0. The van der Waals surface area contributed by atoms with Crippen molar-refractivity contribution in [1.29, 1.82) is 0 Å². The van der Waals surface area contributed by atoms with Gasteiger partial charge >= 0.3 is 5.69 Å². The van der Waals surface area contributed by atoms with Crippen molar-refractivity contribution in [3.63, 3.8) is 0 Å². The molecule has 0 fully saturated rings. The average molecular weight is 211 g/mol. The molecule has 0 aliphatic rings. The number of nitrogens with zero attached hydrogens (tertiary/aromatic N) is 3. The molecule has 7 heteroatoms. The Bertz CT molecular complexity index is 517. The van der Waals surface area contributed by atoms with Crippen molar-refractivity contribution in [3.05, 3.63) is 33.2 Å². The highest BCUT2D eigenvalue weighted by Crippen LogP contribution is 1.98. The van der Waals surface area contributed by atoms with E-state index in [1.54, 1.807) is 10.9 Å². The second-order valence-electron chi connectivity index (χ2n) is 2.89. The van der Waals surface area contributed by atoms with Crippen molar-refractivity contribution in [2.45, 2.75) is 6.54 Å². The van der Waals surface area contributed by atoms with E-state index in [1.165, 1.54) is 4.57 Å². The van der Waals surface area contributed by atoms with Crippen LogP contribution in [-0.2, 0) is 13.6 Å². The van der Waals surface area contributed by atoms with Crippen molar-refractivity contribution in [1.82, 2.24) is 24.5 Å². The lowest BCUT2D eigenvalue weighted by Gasteiger charge is -2.00. The lowest BCUT2D eigenvalue weighted by molar-refractivity contribution is 0.650. The van der Waals surface area contributed by atoms with Gasteiger partial charge in [-0.05, 0) is 18.3 Å². The minimum Gasteiger partial charge on any atom is -0.272 e. The topological polar surface area (TPSA) is 71.4 Å². The van der Waals surface area contributed by atoms with Gasteiger partial charge in [0, 0.05) is 13.2 Å². The zero-order valence-electron chi connectivity index (χ0n) is 7.52. The molecule has 2 aromatic rings. The number of H-pyrrole nitrogens is 2. The van der Waals surface area contributed by atoms with Gasteiger partial charge in [0.15, 0.2) is 4.77 Å². The van der Waals surface area contributed by atoms with Crippen LogP contribution in [0.3, 0.4) is 0 Å². The number of rotatable bonds is 2. The van der Waals surface area contributed by atoms with Crippen LogP contribution in [0.5, 0.6) is 0 Å². The van der Waals surface area contributed by atoms with Gasteiger partial charge in [-0.15, -0.1) is 0 Å². The third-order valence-corrected chi connectivity index (χ3v) is 2.33. The van der Waals surface area contributed by atoms with E-state index < -0.39 is 0 Å². The van der Waals surface area contributed by atoms with Crippen molar-refractivity contribution < 1.29 is 0 Å². The molecular weight excluding hydrogens is 202 g/mol. The molecule has 2 N–H and O–H groups in total. The summed E-state index contributed by atoms with van der Waals surface area (Å²) < 4.78 is 3.52. The first-order chi connectivity index (χ1) is 6.68. The minimum atomic E-state index is -0.240. The van der Waals surface area contributed by atoms with E-state index >= 15 is 0 Å². The molecule has 0 aromatic carbocycles. The molecule has 6 nitrogen and oxygen atoms in total. The molecule has 14 heavy (non-hydrogen) atoms. The van der Waals surface area contributed by atoms with E-state index in [-0.39, 0.29) is 5.69 Å². The van der Waals surface area contributed by atoms with Crippen LogP contribution in [0.1, 0.15) is 5.69 Å². The standard InChI is InChI=1S/C7H9N5OS/c1-11-5(2-3-8-11)4-12-6(13)9-10-7(12)14/h2-3H,4H2,1H3,(H,9,13)(H,10,14). The van der Waals surface area contributed by atoms with E-state index in [4.69, 9.17) is 12.2 Å². The third-order valence-electron chi connectivity index (χ3n) is 2.01. The van der Waals surface area contributed by atoms with Gasteiger partial charge in [0.25, 0.3) is 0 Å². The monoisotopic (exact) mass is 211 g/mol. The molecule has 0 radical (unpaired) electrons. The highest BCUT2D eigenvalue weighted by molar-refractivity contribution is 7.71. The average Bonchev–Trinajstić information content (AvgIpc) is 2.67. The van der Waals surface area contributed by atoms with Crippen molar-refractivity contribution in [3.8, 4) is 0 Å². The summed E-state index contributed by atoms with van der Waals surface area (Å²) in [5, 5.41) is 9.00. The molecule has 0 saturated carbocycles.